The Morgan fingerprint density at radius 1 is 1.00 bits per heavy atom. The highest BCUT2D eigenvalue weighted by Crippen LogP contribution is 2.41. The van der Waals surface area contributed by atoms with Crippen LogP contribution in [0.3, 0.4) is 0 Å². The van der Waals surface area contributed by atoms with Crippen molar-refractivity contribution < 1.29 is 27.4 Å². The van der Waals surface area contributed by atoms with Gasteiger partial charge in [-0.2, -0.15) is 13.2 Å². The molecular formula is C23H16F3NO3. The number of carbonyl (C=O) groups is 1. The van der Waals surface area contributed by atoms with Crippen LogP contribution in [0.15, 0.2) is 71.7 Å². The molecule has 0 aromatic heterocycles. The molecule has 0 N–H and O–H groups in total. The summed E-state index contributed by atoms with van der Waals surface area (Å²) >= 11 is 0. The van der Waals surface area contributed by atoms with Crippen LogP contribution in [0.2, 0.25) is 0 Å². The standard InChI is InChI=1S/C23H16F3NO3/c1-2-29-22(28)15-9-7-14(8-10-15)21-17-12-11-16(23(24,25)26)13-20(17)30-19-6-4-3-5-18(19)27-21/h3-13H,2H2,1H3. The van der Waals surface area contributed by atoms with Gasteiger partial charge in [-0.3, -0.25) is 0 Å². The minimum Gasteiger partial charge on any atom is -0.462 e. The van der Waals surface area contributed by atoms with Gasteiger partial charge in [-0.1, -0.05) is 24.3 Å². The molecule has 1 aliphatic rings. The Morgan fingerprint density at radius 2 is 1.73 bits per heavy atom. The zero-order valence-corrected chi connectivity index (χ0v) is 15.9. The summed E-state index contributed by atoms with van der Waals surface area (Å²) in [6.45, 7) is 1.98. The normalized spacial score (nSPS) is 12.7. The summed E-state index contributed by atoms with van der Waals surface area (Å²) in [4.78, 5) is 16.5. The van der Waals surface area contributed by atoms with E-state index < -0.39 is 17.7 Å². The van der Waals surface area contributed by atoms with Gasteiger partial charge in [0.2, 0.25) is 0 Å². The fourth-order valence-corrected chi connectivity index (χ4v) is 3.11. The van der Waals surface area contributed by atoms with Crippen LogP contribution in [-0.4, -0.2) is 18.3 Å². The third kappa shape index (κ3) is 3.78. The quantitative estimate of drug-likeness (QED) is 0.380. The summed E-state index contributed by atoms with van der Waals surface area (Å²) in [7, 11) is 0. The average Bonchev–Trinajstić information content (AvgIpc) is 2.89. The summed E-state index contributed by atoms with van der Waals surface area (Å²) in [5.41, 5.74) is 1.55. The molecule has 0 radical (unpaired) electrons. The highest BCUT2D eigenvalue weighted by molar-refractivity contribution is 6.16. The van der Waals surface area contributed by atoms with Gasteiger partial charge >= 0.3 is 12.1 Å². The Hall–Kier alpha value is -3.61. The van der Waals surface area contributed by atoms with Gasteiger partial charge in [0.05, 0.1) is 23.4 Å². The predicted molar refractivity (Wildman–Crippen MR) is 106 cm³/mol. The molecule has 1 aliphatic heterocycles. The molecule has 0 bridgehead atoms. The molecule has 0 spiro atoms. The molecule has 30 heavy (non-hydrogen) atoms. The van der Waals surface area contributed by atoms with Crippen molar-refractivity contribution >= 4 is 17.4 Å². The smallest absolute Gasteiger partial charge is 0.416 e. The van der Waals surface area contributed by atoms with Crippen LogP contribution in [0.1, 0.15) is 34.0 Å². The molecule has 0 aliphatic carbocycles. The number of ether oxygens (including phenoxy) is 2. The second-order valence-corrected chi connectivity index (χ2v) is 6.54. The molecule has 0 fully saturated rings. The van der Waals surface area contributed by atoms with Gasteiger partial charge in [0.25, 0.3) is 0 Å². The van der Waals surface area contributed by atoms with E-state index in [-0.39, 0.29) is 12.4 Å². The van der Waals surface area contributed by atoms with Crippen LogP contribution in [0.25, 0.3) is 0 Å². The van der Waals surface area contributed by atoms with Crippen LogP contribution in [0.5, 0.6) is 11.5 Å². The van der Waals surface area contributed by atoms with E-state index in [1.807, 2.05) is 0 Å². The molecular weight excluding hydrogens is 395 g/mol. The molecule has 4 nitrogen and oxygen atoms in total. The van der Waals surface area contributed by atoms with Crippen LogP contribution < -0.4 is 4.74 Å². The monoisotopic (exact) mass is 411 g/mol. The molecule has 0 unspecified atom stereocenters. The highest BCUT2D eigenvalue weighted by Gasteiger charge is 2.32. The maximum absolute atomic E-state index is 13.2. The lowest BCUT2D eigenvalue weighted by Crippen LogP contribution is -2.09. The first kappa shape index (κ1) is 19.7. The number of nitrogens with zero attached hydrogens (tertiary/aromatic N) is 1. The van der Waals surface area contributed by atoms with Crippen molar-refractivity contribution in [2.75, 3.05) is 6.61 Å². The molecule has 3 aromatic rings. The third-order valence-electron chi connectivity index (χ3n) is 4.55. The number of hydrogen-bond donors (Lipinski definition) is 0. The van der Waals surface area contributed by atoms with Crippen LogP contribution in [0.4, 0.5) is 18.9 Å². The van der Waals surface area contributed by atoms with E-state index in [4.69, 9.17) is 9.47 Å². The van der Waals surface area contributed by atoms with Crippen molar-refractivity contribution in [1.29, 1.82) is 0 Å². The van der Waals surface area contributed by atoms with Gasteiger partial charge in [0.15, 0.2) is 5.75 Å². The van der Waals surface area contributed by atoms with Gasteiger partial charge in [0.1, 0.15) is 11.4 Å². The SMILES string of the molecule is CCOC(=O)c1ccc(C2=Nc3ccccc3Oc3cc(C(F)(F)F)ccc32)cc1. The number of alkyl halides is 3. The molecule has 152 valence electrons. The Bertz CT molecular complexity index is 1140. The second-order valence-electron chi connectivity index (χ2n) is 6.54. The van der Waals surface area contributed by atoms with E-state index in [0.29, 0.717) is 33.8 Å². The lowest BCUT2D eigenvalue weighted by molar-refractivity contribution is -0.137. The molecule has 3 aromatic carbocycles. The summed E-state index contributed by atoms with van der Waals surface area (Å²) in [5, 5.41) is 0. The summed E-state index contributed by atoms with van der Waals surface area (Å²) in [5.74, 6) is -0.0324. The van der Waals surface area contributed by atoms with Gasteiger partial charge in [0, 0.05) is 11.1 Å². The van der Waals surface area contributed by atoms with E-state index in [2.05, 4.69) is 4.99 Å². The molecule has 0 saturated heterocycles. The van der Waals surface area contributed by atoms with Crippen molar-refractivity contribution in [3.05, 3.63) is 89.0 Å². The summed E-state index contributed by atoms with van der Waals surface area (Å²) in [6.07, 6.45) is -4.50. The van der Waals surface area contributed by atoms with Crippen LogP contribution in [0, 0.1) is 0 Å². The zero-order chi connectivity index (χ0) is 21.3. The number of aliphatic imine (C=N–C) groups is 1. The van der Waals surface area contributed by atoms with Gasteiger partial charge in [-0.25, -0.2) is 9.79 Å². The lowest BCUT2D eigenvalue weighted by atomic mass is 9.98. The number of benzene rings is 3. The number of halogens is 3. The molecule has 7 heteroatoms. The van der Waals surface area contributed by atoms with Gasteiger partial charge in [-0.05, 0) is 49.4 Å². The zero-order valence-electron chi connectivity index (χ0n) is 15.9. The number of rotatable bonds is 3. The highest BCUT2D eigenvalue weighted by atomic mass is 19.4. The lowest BCUT2D eigenvalue weighted by Gasteiger charge is -2.14. The first-order valence-electron chi connectivity index (χ1n) is 9.21. The maximum atomic E-state index is 13.2. The van der Waals surface area contributed by atoms with Gasteiger partial charge in [-0.15, -0.1) is 0 Å². The van der Waals surface area contributed by atoms with E-state index in [1.165, 1.54) is 6.07 Å². The molecule has 1 heterocycles. The average molecular weight is 411 g/mol. The Labute approximate surface area is 170 Å². The van der Waals surface area contributed by atoms with E-state index in [0.717, 1.165) is 12.1 Å². The number of fused-ring (bicyclic) bond motifs is 2. The van der Waals surface area contributed by atoms with Crippen molar-refractivity contribution in [2.45, 2.75) is 13.1 Å². The predicted octanol–water partition coefficient (Wildman–Crippen LogP) is 6.16. The Morgan fingerprint density at radius 3 is 2.43 bits per heavy atom. The minimum absolute atomic E-state index is 0.0583. The maximum Gasteiger partial charge on any atom is 0.416 e. The second kappa shape index (κ2) is 7.67. The van der Waals surface area contributed by atoms with Crippen molar-refractivity contribution in [3.8, 4) is 11.5 Å². The summed E-state index contributed by atoms with van der Waals surface area (Å²) in [6, 6.07) is 16.7. The van der Waals surface area contributed by atoms with Crippen molar-refractivity contribution in [1.82, 2.24) is 0 Å². The fraction of sp³-hybridized carbons (Fsp3) is 0.130. The molecule has 0 saturated carbocycles. The van der Waals surface area contributed by atoms with Gasteiger partial charge < -0.3 is 9.47 Å². The Kier molecular flexibility index (Phi) is 5.03. The number of esters is 1. The molecule has 0 atom stereocenters. The fourth-order valence-electron chi connectivity index (χ4n) is 3.11. The molecule has 0 amide bonds. The third-order valence-corrected chi connectivity index (χ3v) is 4.55. The van der Waals surface area contributed by atoms with Crippen LogP contribution >= 0.6 is 0 Å². The minimum atomic E-state index is -4.50. The first-order chi connectivity index (χ1) is 14.4. The Balaban J connectivity index is 1.84. The van der Waals surface area contributed by atoms with Crippen LogP contribution in [-0.2, 0) is 10.9 Å². The van der Waals surface area contributed by atoms with E-state index in [1.54, 1.807) is 55.5 Å². The number of carbonyl (C=O) groups excluding carboxylic acids is 1. The molecule has 4 rings (SSSR count). The van der Waals surface area contributed by atoms with Crippen molar-refractivity contribution in [2.24, 2.45) is 4.99 Å². The number of hydrogen-bond acceptors (Lipinski definition) is 4. The topological polar surface area (TPSA) is 47.9 Å². The van der Waals surface area contributed by atoms with E-state index >= 15 is 0 Å². The first-order valence-corrected chi connectivity index (χ1v) is 9.21. The van der Waals surface area contributed by atoms with E-state index in [9.17, 15) is 18.0 Å². The number of para-hydroxylation sites is 2. The largest absolute Gasteiger partial charge is 0.462 e. The van der Waals surface area contributed by atoms with Crippen molar-refractivity contribution in [3.63, 3.8) is 0 Å². The summed E-state index contributed by atoms with van der Waals surface area (Å²) < 4.78 is 50.5.